The Hall–Kier alpha value is 0.251. The predicted molar refractivity (Wildman–Crippen MR) is 61.0 cm³/mol. The molecular weight excluding hydrogens is 183 g/mol. The maximum absolute atomic E-state index is 2.47. The third kappa shape index (κ3) is 3.86. The molecule has 1 rings (SSSR count). The van der Waals surface area contributed by atoms with Crippen LogP contribution in [0, 0.1) is 0 Å². The molecule has 66 valence electrons. The fraction of sp³-hybridized carbons (Fsp3) is 0.400. The molecule has 0 saturated heterocycles. The fourth-order valence-corrected chi connectivity index (χ4v) is 5.78. The molecule has 0 atom stereocenters. The van der Waals surface area contributed by atoms with E-state index in [1.165, 1.54) is 0 Å². The van der Waals surface area contributed by atoms with Crippen LogP contribution in [0.4, 0.5) is 0 Å². The summed E-state index contributed by atoms with van der Waals surface area (Å²) in [5.41, 5.74) is 0. The zero-order valence-electron chi connectivity index (χ0n) is 9.39. The van der Waals surface area contributed by atoms with Gasteiger partial charge in [-0.05, 0) is 0 Å². The van der Waals surface area contributed by atoms with Gasteiger partial charge in [0, 0.05) is 0 Å². The van der Waals surface area contributed by atoms with E-state index in [1.807, 2.05) is 0 Å². The van der Waals surface area contributed by atoms with Crippen molar-refractivity contribution in [2.45, 2.75) is 26.2 Å². The second-order valence-electron chi connectivity index (χ2n) is 4.24. The van der Waals surface area contributed by atoms with Crippen LogP contribution in [-0.4, -0.2) is 15.9 Å². The Morgan fingerprint density at radius 2 is 1.46 bits per heavy atom. The van der Waals surface area contributed by atoms with Crippen LogP contribution in [0.1, 0.15) is 0 Å². The van der Waals surface area contributed by atoms with Gasteiger partial charge in [-0.25, -0.2) is 5.19 Å². The van der Waals surface area contributed by atoms with Gasteiger partial charge >= 0.3 is 18.9 Å². The Morgan fingerprint density at radius 1 is 1.00 bits per heavy atom. The van der Waals surface area contributed by atoms with Crippen LogP contribution in [0.25, 0.3) is 0 Å². The van der Waals surface area contributed by atoms with Crippen molar-refractivity contribution in [3.63, 3.8) is 0 Å². The van der Waals surface area contributed by atoms with Gasteiger partial charge in [0.2, 0.25) is 0 Å². The van der Waals surface area contributed by atoms with Crippen molar-refractivity contribution in [2.75, 3.05) is 0 Å². The molecule has 0 nitrogen and oxygen atoms in total. The predicted octanol–water partition coefficient (Wildman–Crippen LogP) is -0.561. The van der Waals surface area contributed by atoms with Crippen LogP contribution in [-0.2, 0) is 0 Å². The van der Waals surface area contributed by atoms with Gasteiger partial charge < -0.3 is 0 Å². The van der Waals surface area contributed by atoms with Gasteiger partial charge in [0.25, 0.3) is 0 Å². The summed E-state index contributed by atoms with van der Waals surface area (Å²) in [6, 6.07) is 11.0. The van der Waals surface area contributed by atoms with E-state index >= 15 is 0 Å². The van der Waals surface area contributed by atoms with Crippen LogP contribution in [0.5, 0.6) is 0 Å². The summed E-state index contributed by atoms with van der Waals surface area (Å²) >= 11 is 0. The molecule has 0 bridgehead atoms. The van der Waals surface area contributed by atoms with Crippen molar-refractivity contribution in [3.8, 4) is 0 Å². The normalized spacial score (nSPS) is 10.5. The molecule has 0 aliphatic heterocycles. The number of benzene rings is 1. The Morgan fingerprint density at radius 3 is 1.85 bits per heavy atom. The zero-order valence-corrected chi connectivity index (χ0v) is 11.4. The van der Waals surface area contributed by atoms with E-state index in [0.29, 0.717) is 0 Å². The van der Waals surface area contributed by atoms with Crippen molar-refractivity contribution >= 4 is 21.1 Å². The maximum Gasteiger partial charge on any atom is 1.00 e. The smallest absolute Gasteiger partial charge is 0.287 e. The van der Waals surface area contributed by atoms with E-state index in [9.17, 15) is 0 Å². The average Bonchev–Trinajstić information content (AvgIpc) is 2.03. The molecule has 0 radical (unpaired) electrons. The van der Waals surface area contributed by atoms with Gasteiger partial charge in [-0.1, -0.05) is 57.6 Å². The topological polar surface area (TPSA) is 0 Å². The van der Waals surface area contributed by atoms with Gasteiger partial charge in [-0.2, -0.15) is 6.55 Å². The van der Waals surface area contributed by atoms with E-state index in [0.717, 1.165) is 0 Å². The molecule has 0 spiro atoms. The van der Waals surface area contributed by atoms with Crippen LogP contribution < -0.4 is 24.0 Å². The summed E-state index contributed by atoms with van der Waals surface area (Å²) in [6.45, 7) is 9.85. The summed E-state index contributed by atoms with van der Waals surface area (Å²) in [7, 11) is -1.14. The monoisotopic (exact) mass is 200 g/mol. The van der Waals surface area contributed by atoms with Crippen molar-refractivity contribution in [1.82, 2.24) is 0 Å². The van der Waals surface area contributed by atoms with Gasteiger partial charge in [0.05, 0.1) is 0 Å². The van der Waals surface area contributed by atoms with Gasteiger partial charge in [-0.15, -0.1) is 0 Å². The molecule has 1 aromatic rings. The third-order valence-electron chi connectivity index (χ3n) is 2.33. The largest absolute Gasteiger partial charge is 1.00 e. The number of hydrogen-bond donors (Lipinski definition) is 0. The van der Waals surface area contributed by atoms with Crippen molar-refractivity contribution in [3.05, 3.63) is 30.3 Å². The Kier molecular flexibility index (Phi) is 5.31. The van der Waals surface area contributed by atoms with Crippen molar-refractivity contribution in [1.29, 1.82) is 0 Å². The maximum atomic E-state index is 2.47. The molecule has 3 heteroatoms. The van der Waals surface area contributed by atoms with Crippen molar-refractivity contribution < 1.29 is 18.9 Å². The minimum Gasteiger partial charge on any atom is -0.287 e. The van der Waals surface area contributed by atoms with Crippen molar-refractivity contribution in [2.24, 2.45) is 0 Å². The Bertz CT molecular complexity index is 241. The van der Waals surface area contributed by atoms with Crippen LogP contribution in [0.3, 0.4) is 0 Å². The summed E-state index contributed by atoms with van der Waals surface area (Å²) < 4.78 is 0. The standard InChI is InChI=1S/C10H17Si2.Li/c1-11(12(2,3)4)10-8-6-5-7-9-10;/h5-9H,1-4H3;/q-1;+1. The van der Waals surface area contributed by atoms with Gasteiger partial charge in [-0.3, -0.25) is 8.31 Å². The van der Waals surface area contributed by atoms with Gasteiger partial charge in [0.1, 0.15) is 0 Å². The summed E-state index contributed by atoms with van der Waals surface area (Å²) in [5, 5.41) is 1.60. The molecule has 0 aliphatic rings. The van der Waals surface area contributed by atoms with Crippen LogP contribution in [0.15, 0.2) is 30.3 Å². The number of hydrogen-bond acceptors (Lipinski definition) is 0. The molecule has 0 aromatic heterocycles. The Balaban J connectivity index is 0.00000144. The molecule has 13 heavy (non-hydrogen) atoms. The van der Waals surface area contributed by atoms with E-state index < -0.39 is 7.59 Å². The minimum atomic E-state index is -0.900. The molecule has 0 fully saturated rings. The molecular formula is C10H17LiSi2. The van der Waals surface area contributed by atoms with E-state index in [-0.39, 0.29) is 27.2 Å². The molecule has 0 aliphatic carbocycles. The second-order valence-corrected chi connectivity index (χ2v) is 17.3. The molecule has 1 aromatic carbocycles. The molecule has 0 saturated carbocycles. The fourth-order valence-electron chi connectivity index (χ4n) is 1.12. The average molecular weight is 200 g/mol. The molecule has 0 amide bonds. The number of rotatable bonds is 2. The third-order valence-corrected chi connectivity index (χ3v) is 13.4. The zero-order chi connectivity index (χ0) is 9.19. The molecule has 0 unspecified atom stereocenters. The van der Waals surface area contributed by atoms with Gasteiger partial charge in [0.15, 0.2) is 0 Å². The summed E-state index contributed by atoms with van der Waals surface area (Å²) in [4.78, 5) is 0. The first kappa shape index (κ1) is 13.3. The molecule has 0 heterocycles. The molecule has 0 N–H and O–H groups in total. The quantitative estimate of drug-likeness (QED) is 0.562. The SMILES string of the molecule is C[Si-](c1ccccc1)[Si](C)(C)C.[Li+]. The first-order valence-corrected chi connectivity index (χ1v) is 10.9. The van der Waals surface area contributed by atoms with Crippen LogP contribution in [0.2, 0.25) is 26.2 Å². The van der Waals surface area contributed by atoms with E-state index in [2.05, 4.69) is 56.5 Å². The summed E-state index contributed by atoms with van der Waals surface area (Å²) in [5.74, 6) is 0. The van der Waals surface area contributed by atoms with E-state index in [4.69, 9.17) is 0 Å². The second kappa shape index (κ2) is 5.21. The van der Waals surface area contributed by atoms with E-state index in [1.54, 1.807) is 5.19 Å². The Labute approximate surface area is 96.3 Å². The van der Waals surface area contributed by atoms with Crippen LogP contribution >= 0.6 is 0 Å². The summed E-state index contributed by atoms with van der Waals surface area (Å²) in [6.07, 6.45) is 0. The first-order chi connectivity index (χ1) is 5.52. The first-order valence-electron chi connectivity index (χ1n) is 4.41. The minimum absolute atomic E-state index is 0.